The predicted octanol–water partition coefficient (Wildman–Crippen LogP) is 2.89. The van der Waals surface area contributed by atoms with Gasteiger partial charge in [0.1, 0.15) is 11.4 Å². The van der Waals surface area contributed by atoms with Gasteiger partial charge in [0.2, 0.25) is 5.91 Å². The highest BCUT2D eigenvalue weighted by molar-refractivity contribution is 7.18. The van der Waals surface area contributed by atoms with Gasteiger partial charge in [-0.1, -0.05) is 12.1 Å². The van der Waals surface area contributed by atoms with Crippen molar-refractivity contribution in [1.29, 1.82) is 0 Å². The van der Waals surface area contributed by atoms with E-state index in [1.807, 2.05) is 31.2 Å². The van der Waals surface area contributed by atoms with Crippen molar-refractivity contribution in [3.63, 3.8) is 0 Å². The minimum atomic E-state index is -0.226. The zero-order valence-corrected chi connectivity index (χ0v) is 14.2. The van der Waals surface area contributed by atoms with Gasteiger partial charge in [-0.2, -0.15) is 0 Å². The molecule has 0 unspecified atom stereocenters. The topological polar surface area (TPSA) is 64.0 Å². The van der Waals surface area contributed by atoms with Crippen LogP contribution < -0.4 is 10.9 Å². The molecule has 4 rings (SSSR count). The van der Waals surface area contributed by atoms with Crippen molar-refractivity contribution >= 4 is 33.1 Å². The Morgan fingerprint density at radius 2 is 2.25 bits per heavy atom. The molecule has 1 aromatic carbocycles. The second-order valence-corrected chi connectivity index (χ2v) is 7.22. The second-order valence-electron chi connectivity index (χ2n) is 6.13. The molecule has 2 aromatic heterocycles. The molecular weight excluding hydrogens is 322 g/mol. The Morgan fingerprint density at radius 1 is 1.38 bits per heavy atom. The van der Waals surface area contributed by atoms with E-state index in [0.29, 0.717) is 5.39 Å². The standard InChI is InChI=1S/C18H17N3O2S/c1-11-4-2-5-12(8-11)20-15(22)9-21-10-19-17-16(18(21)23)13-6-3-7-14(13)24-17/h2,4-5,8,10H,3,6-7,9H2,1H3,(H,20,22). The van der Waals surface area contributed by atoms with Gasteiger partial charge in [-0.25, -0.2) is 4.98 Å². The molecule has 0 aliphatic heterocycles. The molecule has 0 atom stereocenters. The molecular formula is C18H17N3O2S. The molecule has 0 spiro atoms. The Labute approximate surface area is 143 Å². The maximum Gasteiger partial charge on any atom is 0.262 e. The van der Waals surface area contributed by atoms with E-state index < -0.39 is 0 Å². The number of carbonyl (C=O) groups excluding carboxylic acids is 1. The van der Waals surface area contributed by atoms with Gasteiger partial charge in [0.15, 0.2) is 0 Å². The number of hydrogen-bond donors (Lipinski definition) is 1. The SMILES string of the molecule is Cc1cccc(NC(=O)Cn2cnc3sc4c(c3c2=O)CCC4)c1. The molecule has 6 heteroatoms. The molecule has 3 aromatic rings. The molecule has 1 N–H and O–H groups in total. The molecule has 0 saturated heterocycles. The molecule has 1 aliphatic rings. The van der Waals surface area contributed by atoms with Crippen LogP contribution in [0.2, 0.25) is 0 Å². The van der Waals surface area contributed by atoms with Crippen molar-refractivity contribution in [2.45, 2.75) is 32.7 Å². The molecule has 0 bridgehead atoms. The van der Waals surface area contributed by atoms with Gasteiger partial charge in [-0.3, -0.25) is 14.2 Å². The van der Waals surface area contributed by atoms with Crippen molar-refractivity contribution in [3.8, 4) is 0 Å². The Morgan fingerprint density at radius 3 is 3.08 bits per heavy atom. The molecule has 2 heterocycles. The molecule has 0 radical (unpaired) electrons. The first kappa shape index (κ1) is 15.1. The van der Waals surface area contributed by atoms with Crippen molar-refractivity contribution in [1.82, 2.24) is 9.55 Å². The summed E-state index contributed by atoms with van der Waals surface area (Å²) in [6.07, 6.45) is 4.54. The summed E-state index contributed by atoms with van der Waals surface area (Å²) in [5.74, 6) is -0.226. The van der Waals surface area contributed by atoms with Crippen LogP contribution in [-0.4, -0.2) is 15.5 Å². The Balaban J connectivity index is 1.61. The number of anilines is 1. The number of benzene rings is 1. The molecule has 122 valence electrons. The third-order valence-electron chi connectivity index (χ3n) is 4.31. The lowest BCUT2D eigenvalue weighted by atomic mass is 10.2. The first-order valence-electron chi connectivity index (χ1n) is 7.98. The average Bonchev–Trinajstić information content (AvgIpc) is 3.10. The minimum absolute atomic E-state index is 0.0274. The number of carbonyl (C=O) groups is 1. The number of hydrogen-bond acceptors (Lipinski definition) is 4. The second kappa shape index (κ2) is 5.87. The number of aromatic nitrogens is 2. The van der Waals surface area contributed by atoms with E-state index in [-0.39, 0.29) is 18.0 Å². The maximum atomic E-state index is 12.7. The third kappa shape index (κ3) is 2.63. The number of amides is 1. The van der Waals surface area contributed by atoms with E-state index in [9.17, 15) is 9.59 Å². The summed E-state index contributed by atoms with van der Waals surface area (Å²) >= 11 is 1.61. The van der Waals surface area contributed by atoms with Gasteiger partial charge < -0.3 is 5.32 Å². The molecule has 0 saturated carbocycles. The molecule has 0 fully saturated rings. The lowest BCUT2D eigenvalue weighted by molar-refractivity contribution is -0.116. The zero-order chi connectivity index (χ0) is 16.7. The molecule has 5 nitrogen and oxygen atoms in total. The van der Waals surface area contributed by atoms with E-state index in [2.05, 4.69) is 10.3 Å². The van der Waals surface area contributed by atoms with E-state index in [4.69, 9.17) is 0 Å². The normalized spacial score (nSPS) is 13.2. The van der Waals surface area contributed by atoms with Gasteiger partial charge in [0.25, 0.3) is 5.56 Å². The van der Waals surface area contributed by atoms with Crippen LogP contribution in [0.1, 0.15) is 22.4 Å². The molecule has 24 heavy (non-hydrogen) atoms. The third-order valence-corrected chi connectivity index (χ3v) is 5.51. The van der Waals surface area contributed by atoms with Crippen molar-refractivity contribution < 1.29 is 4.79 Å². The fraction of sp³-hybridized carbons (Fsp3) is 0.278. The van der Waals surface area contributed by atoms with Crippen LogP contribution in [-0.2, 0) is 24.2 Å². The number of nitrogens with one attached hydrogen (secondary N) is 1. The number of thiophene rings is 1. The quantitative estimate of drug-likeness (QED) is 0.798. The Hall–Kier alpha value is -2.47. The van der Waals surface area contributed by atoms with Gasteiger partial charge in [0.05, 0.1) is 11.7 Å². The highest BCUT2D eigenvalue weighted by atomic mass is 32.1. The summed E-state index contributed by atoms with van der Waals surface area (Å²) in [6, 6.07) is 7.59. The molecule has 1 amide bonds. The Kier molecular flexibility index (Phi) is 3.69. The summed E-state index contributed by atoms with van der Waals surface area (Å²) in [5.41, 5.74) is 2.83. The lowest BCUT2D eigenvalue weighted by Crippen LogP contribution is -2.28. The largest absolute Gasteiger partial charge is 0.325 e. The number of aryl methyl sites for hydroxylation is 3. The number of fused-ring (bicyclic) bond motifs is 3. The van der Waals surface area contributed by atoms with E-state index >= 15 is 0 Å². The molecule has 1 aliphatic carbocycles. The Bertz CT molecular complexity index is 1000. The summed E-state index contributed by atoms with van der Waals surface area (Å²) in [4.78, 5) is 31.4. The maximum absolute atomic E-state index is 12.7. The first-order valence-corrected chi connectivity index (χ1v) is 8.79. The predicted molar refractivity (Wildman–Crippen MR) is 95.7 cm³/mol. The lowest BCUT2D eigenvalue weighted by Gasteiger charge is -2.08. The fourth-order valence-corrected chi connectivity index (χ4v) is 4.43. The average molecular weight is 339 g/mol. The van der Waals surface area contributed by atoms with Crippen LogP contribution in [0.4, 0.5) is 5.69 Å². The van der Waals surface area contributed by atoms with Crippen molar-refractivity contribution in [2.75, 3.05) is 5.32 Å². The van der Waals surface area contributed by atoms with Crippen LogP contribution in [0.5, 0.6) is 0 Å². The van der Waals surface area contributed by atoms with E-state index in [0.717, 1.165) is 40.9 Å². The zero-order valence-electron chi connectivity index (χ0n) is 13.3. The monoisotopic (exact) mass is 339 g/mol. The highest BCUT2D eigenvalue weighted by Gasteiger charge is 2.21. The minimum Gasteiger partial charge on any atom is -0.325 e. The van der Waals surface area contributed by atoms with Crippen LogP contribution in [0.25, 0.3) is 10.2 Å². The van der Waals surface area contributed by atoms with Crippen LogP contribution in [0.3, 0.4) is 0 Å². The summed E-state index contributed by atoms with van der Waals surface area (Å²) in [5, 5.41) is 3.54. The highest BCUT2D eigenvalue weighted by Crippen LogP contribution is 2.34. The van der Waals surface area contributed by atoms with Gasteiger partial charge in [0, 0.05) is 10.6 Å². The van der Waals surface area contributed by atoms with Gasteiger partial charge in [-0.05, 0) is 49.4 Å². The first-order chi connectivity index (χ1) is 11.6. The van der Waals surface area contributed by atoms with Gasteiger partial charge >= 0.3 is 0 Å². The van der Waals surface area contributed by atoms with Gasteiger partial charge in [-0.15, -0.1) is 11.3 Å². The number of rotatable bonds is 3. The van der Waals surface area contributed by atoms with Crippen molar-refractivity contribution in [2.24, 2.45) is 0 Å². The summed E-state index contributed by atoms with van der Waals surface area (Å²) in [6.45, 7) is 1.94. The fourth-order valence-electron chi connectivity index (χ4n) is 3.21. The van der Waals surface area contributed by atoms with Crippen LogP contribution in [0.15, 0.2) is 35.4 Å². The van der Waals surface area contributed by atoms with Crippen molar-refractivity contribution in [3.05, 3.63) is 57.0 Å². The summed E-state index contributed by atoms with van der Waals surface area (Å²) in [7, 11) is 0. The van der Waals surface area contributed by atoms with E-state index in [1.54, 1.807) is 11.3 Å². The van der Waals surface area contributed by atoms with E-state index in [1.165, 1.54) is 15.8 Å². The van der Waals surface area contributed by atoms with Crippen LogP contribution in [0, 0.1) is 6.92 Å². The number of nitrogens with zero attached hydrogens (tertiary/aromatic N) is 2. The smallest absolute Gasteiger partial charge is 0.262 e. The summed E-state index contributed by atoms with van der Waals surface area (Å²) < 4.78 is 1.40. The van der Waals surface area contributed by atoms with Crippen LogP contribution >= 0.6 is 11.3 Å².